The Morgan fingerprint density at radius 1 is 0.181 bits per heavy atom. The Balaban J connectivity index is 4.81. The number of unbranched alkanes of at least 4 members (excludes halogenated alkanes) is 60. The quantitative estimate of drug-likeness (QED) is 0.0569. The molecule has 0 aromatic carbocycles. The van der Waals surface area contributed by atoms with Gasteiger partial charge in [0.05, 0.1) is 25.4 Å². The first-order valence-corrected chi connectivity index (χ1v) is 39.3. The minimum atomic E-state index is 0.0376. The van der Waals surface area contributed by atoms with Crippen molar-refractivity contribution in [2.75, 3.05) is 39.6 Å². The fourth-order valence-electron chi connectivity index (χ4n) is 12.4. The summed E-state index contributed by atoms with van der Waals surface area (Å²) in [5, 5.41) is 0. The Kier molecular flexibility index (Phi) is 77.8. The first-order chi connectivity index (χ1) is 41.3. The van der Waals surface area contributed by atoms with Gasteiger partial charge in [-0.1, -0.05) is 413 Å². The zero-order valence-electron chi connectivity index (χ0n) is 58.1. The molecule has 0 bridgehead atoms. The molecule has 0 aliphatic heterocycles. The Bertz CT molecular complexity index is 999. The van der Waals surface area contributed by atoms with Gasteiger partial charge in [0.1, 0.15) is 0 Å². The summed E-state index contributed by atoms with van der Waals surface area (Å²) < 4.78 is 25.9. The Hall–Kier alpha value is -0.160. The highest BCUT2D eigenvalue weighted by molar-refractivity contribution is 4.88. The van der Waals surface area contributed by atoms with Crippen LogP contribution in [0.1, 0.15) is 445 Å². The molecule has 0 aromatic rings. The molecule has 0 aliphatic carbocycles. The molecule has 2 radical (unpaired) electrons. The molecule has 0 spiro atoms. The van der Waals surface area contributed by atoms with Gasteiger partial charge >= 0.3 is 0 Å². The summed E-state index contributed by atoms with van der Waals surface area (Å²) in [6.07, 6.45) is 95.2. The average molecular weight is 1170 g/mol. The van der Waals surface area contributed by atoms with Crippen LogP contribution in [0.2, 0.25) is 0 Å². The van der Waals surface area contributed by atoms with Crippen molar-refractivity contribution < 1.29 is 18.9 Å². The van der Waals surface area contributed by atoms with E-state index in [1.807, 2.05) is 0 Å². The Labute approximate surface area is 526 Å². The third-order valence-corrected chi connectivity index (χ3v) is 18.3. The van der Waals surface area contributed by atoms with Gasteiger partial charge in [0.25, 0.3) is 0 Å². The van der Waals surface area contributed by atoms with Crippen molar-refractivity contribution in [2.45, 2.75) is 457 Å². The first-order valence-electron chi connectivity index (χ1n) is 39.3. The lowest BCUT2D eigenvalue weighted by Crippen LogP contribution is -2.25. The maximum absolute atomic E-state index is 6.60. The van der Waals surface area contributed by atoms with Crippen LogP contribution in [0, 0.1) is 12.8 Å². The van der Waals surface area contributed by atoms with Gasteiger partial charge in [-0.25, -0.2) is 0 Å². The first kappa shape index (κ1) is 82.8. The Morgan fingerprint density at radius 2 is 0.325 bits per heavy atom. The molecule has 0 fully saturated rings. The lowest BCUT2D eigenvalue weighted by atomic mass is 10.0. The van der Waals surface area contributed by atoms with Crippen LogP contribution in [0.4, 0.5) is 0 Å². The molecule has 0 saturated heterocycles. The summed E-state index contributed by atoms with van der Waals surface area (Å²) in [5.74, 6) is 0. The summed E-state index contributed by atoms with van der Waals surface area (Å²) in [5.41, 5.74) is 0. The maximum atomic E-state index is 6.60. The zero-order valence-corrected chi connectivity index (χ0v) is 58.1. The van der Waals surface area contributed by atoms with Crippen molar-refractivity contribution in [1.29, 1.82) is 0 Å². The Morgan fingerprint density at radius 3 is 0.494 bits per heavy atom. The highest BCUT2D eigenvalue weighted by atomic mass is 16.5. The van der Waals surface area contributed by atoms with E-state index in [1.54, 1.807) is 0 Å². The van der Waals surface area contributed by atoms with Crippen LogP contribution >= 0.6 is 0 Å². The molecule has 0 aromatic heterocycles. The topological polar surface area (TPSA) is 36.9 Å². The average Bonchev–Trinajstić information content (AvgIpc) is 3.49. The van der Waals surface area contributed by atoms with Crippen LogP contribution in [0.15, 0.2) is 0 Å². The molecule has 2 atom stereocenters. The van der Waals surface area contributed by atoms with Gasteiger partial charge < -0.3 is 18.9 Å². The van der Waals surface area contributed by atoms with Gasteiger partial charge in [0.15, 0.2) is 0 Å². The molecule has 83 heavy (non-hydrogen) atoms. The smallest absolute Gasteiger partial charge is 0.0840 e. The molecule has 4 nitrogen and oxygen atoms in total. The predicted octanol–water partition coefficient (Wildman–Crippen LogP) is 27.6. The van der Waals surface area contributed by atoms with Crippen molar-refractivity contribution in [3.8, 4) is 0 Å². The summed E-state index contributed by atoms with van der Waals surface area (Å²) in [6, 6.07) is 0. The lowest BCUT2D eigenvalue weighted by Gasteiger charge is -2.21. The fraction of sp³-hybridized carbons (Fsp3) is 0.975. The number of hydrogen-bond acceptors (Lipinski definition) is 4. The van der Waals surface area contributed by atoms with Crippen LogP contribution in [0.5, 0.6) is 0 Å². The van der Waals surface area contributed by atoms with E-state index in [9.17, 15) is 0 Å². The van der Waals surface area contributed by atoms with Crippen LogP contribution in [-0.2, 0) is 18.9 Å². The van der Waals surface area contributed by atoms with Crippen LogP contribution in [0.25, 0.3) is 0 Å². The van der Waals surface area contributed by atoms with Crippen molar-refractivity contribution in [3.05, 3.63) is 12.8 Å². The fourth-order valence-corrected chi connectivity index (χ4v) is 12.4. The minimum Gasteiger partial charge on any atom is -0.379 e. The second kappa shape index (κ2) is 77.9. The van der Waals surface area contributed by atoms with Crippen LogP contribution in [-0.4, -0.2) is 51.8 Å². The molecule has 0 rings (SSSR count). The van der Waals surface area contributed by atoms with Crippen molar-refractivity contribution in [3.63, 3.8) is 0 Å². The highest BCUT2D eigenvalue weighted by Crippen LogP contribution is 2.20. The van der Waals surface area contributed by atoms with Gasteiger partial charge in [0, 0.05) is 26.4 Å². The molecular weight excluding hydrogens is 1010 g/mol. The van der Waals surface area contributed by atoms with E-state index in [0.29, 0.717) is 13.2 Å². The largest absolute Gasteiger partial charge is 0.379 e. The lowest BCUT2D eigenvalue weighted by molar-refractivity contribution is -0.0100. The van der Waals surface area contributed by atoms with E-state index in [4.69, 9.17) is 18.9 Å². The van der Waals surface area contributed by atoms with E-state index >= 15 is 0 Å². The predicted molar refractivity (Wildman–Crippen MR) is 373 cm³/mol. The number of hydrogen-bond donors (Lipinski definition) is 0. The second-order valence-electron chi connectivity index (χ2n) is 26.9. The van der Waals surface area contributed by atoms with E-state index in [-0.39, 0.29) is 12.2 Å². The molecule has 2 unspecified atom stereocenters. The third-order valence-electron chi connectivity index (χ3n) is 18.3. The SMILES string of the molecule is CCCCCCCCCCCCCCCCCCOCC([CH]C[CH]C(COCCCCCCCCCCCCCCCCCC)OCCCCCCCCCCCCCCCCCC)OCCCCCCCCCCCCCCCCCC. The minimum absolute atomic E-state index is 0.0376. The van der Waals surface area contributed by atoms with Crippen LogP contribution in [0.3, 0.4) is 0 Å². The standard InChI is InChI=1S/C79H158O4/c1-5-9-13-17-21-25-29-33-37-41-45-49-53-57-61-65-72-80-76-78(82-74-67-63-59-55-51-47-43-39-35-31-27-23-19-15-11-7-3)70-69-71-79(83-75-68-64-60-56-52-48-44-40-36-32-28-24-20-16-12-8-4)77-81-73-66-62-58-54-50-46-42-38-34-30-26-22-18-14-10-6-2/h70-71,78-79H,5-69,72-77H2,1-4H3. The van der Waals surface area contributed by atoms with E-state index < -0.39 is 0 Å². The van der Waals surface area contributed by atoms with Gasteiger partial charge in [-0.3, -0.25) is 0 Å². The van der Waals surface area contributed by atoms with Gasteiger partial charge in [-0.15, -0.1) is 0 Å². The van der Waals surface area contributed by atoms with Crippen LogP contribution < -0.4 is 0 Å². The third kappa shape index (κ3) is 74.2. The molecule has 0 amide bonds. The highest BCUT2D eigenvalue weighted by Gasteiger charge is 2.15. The summed E-state index contributed by atoms with van der Waals surface area (Å²) in [7, 11) is 0. The molecule has 498 valence electrons. The van der Waals surface area contributed by atoms with Crippen molar-refractivity contribution >= 4 is 0 Å². The van der Waals surface area contributed by atoms with Gasteiger partial charge in [-0.2, -0.15) is 0 Å². The molecule has 4 heteroatoms. The molecule has 0 saturated carbocycles. The van der Waals surface area contributed by atoms with Crippen molar-refractivity contribution in [2.24, 2.45) is 0 Å². The molecule has 0 N–H and O–H groups in total. The second-order valence-corrected chi connectivity index (χ2v) is 26.9. The number of rotatable bonds is 78. The molecular formula is C79H158O4. The normalized spacial score (nSPS) is 12.6. The molecule has 0 heterocycles. The summed E-state index contributed by atoms with van der Waals surface area (Å²) >= 11 is 0. The van der Waals surface area contributed by atoms with E-state index in [1.165, 1.54) is 398 Å². The summed E-state index contributed by atoms with van der Waals surface area (Å²) in [4.78, 5) is 0. The number of ether oxygens (including phenoxy) is 4. The van der Waals surface area contributed by atoms with Crippen molar-refractivity contribution in [1.82, 2.24) is 0 Å². The molecule has 0 aliphatic rings. The maximum Gasteiger partial charge on any atom is 0.0840 e. The van der Waals surface area contributed by atoms with Gasteiger partial charge in [-0.05, 0) is 44.9 Å². The summed E-state index contributed by atoms with van der Waals surface area (Å²) in [6.45, 7) is 14.0. The van der Waals surface area contributed by atoms with Gasteiger partial charge in [0.2, 0.25) is 0 Å². The van der Waals surface area contributed by atoms with E-state index in [0.717, 1.165) is 45.7 Å². The monoisotopic (exact) mass is 1170 g/mol. The zero-order chi connectivity index (χ0) is 59.6. The van der Waals surface area contributed by atoms with E-state index in [2.05, 4.69) is 40.5 Å².